The SMILES string of the molecule is O=C(NC1CC1)N1CC(CO)C1. The Bertz CT molecular complexity index is 185. The molecule has 0 spiro atoms. The highest BCUT2D eigenvalue weighted by atomic mass is 16.3. The summed E-state index contributed by atoms with van der Waals surface area (Å²) in [6.07, 6.45) is 2.26. The molecule has 1 saturated heterocycles. The van der Waals surface area contributed by atoms with Crippen LogP contribution in [0.25, 0.3) is 0 Å². The maximum absolute atomic E-state index is 11.3. The van der Waals surface area contributed by atoms with Gasteiger partial charge in [-0.15, -0.1) is 0 Å². The van der Waals surface area contributed by atoms with Crippen LogP contribution in [-0.4, -0.2) is 41.8 Å². The Kier molecular flexibility index (Phi) is 1.92. The fourth-order valence-electron chi connectivity index (χ4n) is 1.34. The van der Waals surface area contributed by atoms with Crippen LogP contribution in [-0.2, 0) is 0 Å². The number of hydrogen-bond donors (Lipinski definition) is 2. The predicted molar refractivity (Wildman–Crippen MR) is 43.7 cm³/mol. The summed E-state index contributed by atoms with van der Waals surface area (Å²) in [5, 5.41) is 11.6. The quantitative estimate of drug-likeness (QED) is 0.602. The highest BCUT2D eigenvalue weighted by Crippen LogP contribution is 2.21. The van der Waals surface area contributed by atoms with E-state index in [9.17, 15) is 4.79 Å². The van der Waals surface area contributed by atoms with E-state index in [0.29, 0.717) is 12.0 Å². The average Bonchev–Trinajstić information content (AvgIpc) is 2.69. The third kappa shape index (κ3) is 1.53. The van der Waals surface area contributed by atoms with Crippen molar-refractivity contribution in [2.45, 2.75) is 18.9 Å². The van der Waals surface area contributed by atoms with Crippen molar-refractivity contribution in [1.82, 2.24) is 10.2 Å². The van der Waals surface area contributed by atoms with Crippen LogP contribution in [0.4, 0.5) is 4.79 Å². The zero-order valence-corrected chi connectivity index (χ0v) is 6.99. The minimum absolute atomic E-state index is 0.0437. The second kappa shape index (κ2) is 2.94. The van der Waals surface area contributed by atoms with Gasteiger partial charge in [-0.25, -0.2) is 4.79 Å². The molecular weight excluding hydrogens is 156 g/mol. The average molecular weight is 170 g/mol. The van der Waals surface area contributed by atoms with Crippen LogP contribution in [0.15, 0.2) is 0 Å². The van der Waals surface area contributed by atoms with Crippen molar-refractivity contribution in [3.8, 4) is 0 Å². The van der Waals surface area contributed by atoms with Gasteiger partial charge < -0.3 is 15.3 Å². The molecule has 2 amide bonds. The molecular formula is C8H14N2O2. The normalized spacial score (nSPS) is 23.6. The van der Waals surface area contributed by atoms with Crippen LogP contribution < -0.4 is 5.32 Å². The molecule has 0 aromatic carbocycles. The Morgan fingerprint density at radius 1 is 1.50 bits per heavy atom. The number of urea groups is 1. The van der Waals surface area contributed by atoms with Gasteiger partial charge in [-0.2, -0.15) is 0 Å². The number of rotatable bonds is 2. The van der Waals surface area contributed by atoms with Gasteiger partial charge in [0.2, 0.25) is 0 Å². The summed E-state index contributed by atoms with van der Waals surface area (Å²) in [6.45, 7) is 1.64. The number of aliphatic hydroxyl groups is 1. The molecule has 0 aromatic rings. The van der Waals surface area contributed by atoms with E-state index >= 15 is 0 Å². The summed E-state index contributed by atoms with van der Waals surface area (Å²) in [4.78, 5) is 13.0. The van der Waals surface area contributed by atoms with E-state index in [2.05, 4.69) is 5.32 Å². The van der Waals surface area contributed by atoms with Crippen molar-refractivity contribution < 1.29 is 9.90 Å². The van der Waals surface area contributed by atoms with E-state index in [0.717, 1.165) is 25.9 Å². The van der Waals surface area contributed by atoms with Crippen molar-refractivity contribution in [3.05, 3.63) is 0 Å². The number of likely N-dealkylation sites (tertiary alicyclic amines) is 1. The van der Waals surface area contributed by atoms with E-state index in [1.807, 2.05) is 0 Å². The van der Waals surface area contributed by atoms with E-state index in [4.69, 9.17) is 5.11 Å². The van der Waals surface area contributed by atoms with Gasteiger partial charge in [-0.3, -0.25) is 0 Å². The van der Waals surface area contributed by atoms with Gasteiger partial charge >= 0.3 is 6.03 Å². The third-order valence-corrected chi connectivity index (χ3v) is 2.41. The molecule has 4 heteroatoms. The second-order valence-electron chi connectivity index (χ2n) is 3.68. The fraction of sp³-hybridized carbons (Fsp3) is 0.875. The Balaban J connectivity index is 1.68. The van der Waals surface area contributed by atoms with Crippen LogP contribution >= 0.6 is 0 Å². The molecule has 0 radical (unpaired) electrons. The van der Waals surface area contributed by atoms with Gasteiger partial charge in [0.15, 0.2) is 0 Å². The van der Waals surface area contributed by atoms with Gasteiger partial charge in [0, 0.05) is 31.7 Å². The number of carbonyl (C=O) groups excluding carboxylic acids is 1. The number of nitrogens with zero attached hydrogens (tertiary/aromatic N) is 1. The first-order valence-corrected chi connectivity index (χ1v) is 4.46. The van der Waals surface area contributed by atoms with Crippen LogP contribution in [0.2, 0.25) is 0 Å². The smallest absolute Gasteiger partial charge is 0.317 e. The summed E-state index contributed by atoms with van der Waals surface area (Å²) in [5.74, 6) is 0.315. The Hall–Kier alpha value is -0.770. The standard InChI is InChI=1S/C8H14N2O2/c11-5-6-3-10(4-6)8(12)9-7-1-2-7/h6-7,11H,1-5H2,(H,9,12). The summed E-state index contributed by atoms with van der Waals surface area (Å²) >= 11 is 0. The molecule has 4 nitrogen and oxygen atoms in total. The minimum atomic E-state index is 0.0437. The summed E-state index contributed by atoms with van der Waals surface area (Å²) in [5.41, 5.74) is 0. The van der Waals surface area contributed by atoms with E-state index < -0.39 is 0 Å². The Morgan fingerprint density at radius 3 is 2.67 bits per heavy atom. The first kappa shape index (κ1) is 7.86. The lowest BCUT2D eigenvalue weighted by Crippen LogP contribution is -2.55. The van der Waals surface area contributed by atoms with Gasteiger partial charge in [0.05, 0.1) is 0 Å². The number of nitrogens with one attached hydrogen (secondary N) is 1. The highest BCUT2D eigenvalue weighted by molar-refractivity contribution is 5.75. The summed E-state index contributed by atoms with van der Waals surface area (Å²) in [6, 6.07) is 0.480. The van der Waals surface area contributed by atoms with Gasteiger partial charge in [0.25, 0.3) is 0 Å². The summed E-state index contributed by atoms with van der Waals surface area (Å²) < 4.78 is 0. The van der Waals surface area contributed by atoms with Crippen molar-refractivity contribution in [2.24, 2.45) is 5.92 Å². The first-order chi connectivity index (χ1) is 5.79. The summed E-state index contributed by atoms with van der Waals surface area (Å²) in [7, 11) is 0. The Labute approximate surface area is 71.5 Å². The molecule has 68 valence electrons. The Morgan fingerprint density at radius 2 is 2.17 bits per heavy atom. The van der Waals surface area contributed by atoms with Crippen LogP contribution in [0.5, 0.6) is 0 Å². The molecule has 0 atom stereocenters. The molecule has 12 heavy (non-hydrogen) atoms. The van der Waals surface area contributed by atoms with Crippen molar-refractivity contribution in [2.75, 3.05) is 19.7 Å². The zero-order chi connectivity index (χ0) is 8.55. The lowest BCUT2D eigenvalue weighted by Gasteiger charge is -2.38. The topological polar surface area (TPSA) is 52.6 Å². The monoisotopic (exact) mass is 170 g/mol. The molecule has 2 aliphatic rings. The van der Waals surface area contributed by atoms with E-state index in [1.165, 1.54) is 0 Å². The number of amides is 2. The highest BCUT2D eigenvalue weighted by Gasteiger charge is 2.32. The molecule has 1 heterocycles. The lowest BCUT2D eigenvalue weighted by atomic mass is 10.0. The molecule has 1 aliphatic carbocycles. The molecule has 2 fully saturated rings. The van der Waals surface area contributed by atoms with Crippen molar-refractivity contribution >= 4 is 6.03 Å². The second-order valence-corrected chi connectivity index (χ2v) is 3.68. The maximum Gasteiger partial charge on any atom is 0.317 e. The van der Waals surface area contributed by atoms with Gasteiger partial charge in [0.1, 0.15) is 0 Å². The molecule has 1 saturated carbocycles. The number of hydrogen-bond acceptors (Lipinski definition) is 2. The third-order valence-electron chi connectivity index (χ3n) is 2.41. The van der Waals surface area contributed by atoms with Crippen molar-refractivity contribution in [1.29, 1.82) is 0 Å². The molecule has 0 bridgehead atoms. The van der Waals surface area contributed by atoms with Crippen LogP contribution in [0.3, 0.4) is 0 Å². The fourth-order valence-corrected chi connectivity index (χ4v) is 1.34. The van der Waals surface area contributed by atoms with E-state index in [-0.39, 0.29) is 12.6 Å². The molecule has 0 aromatic heterocycles. The number of carbonyl (C=O) groups is 1. The lowest BCUT2D eigenvalue weighted by molar-refractivity contribution is 0.0775. The van der Waals surface area contributed by atoms with Gasteiger partial charge in [-0.05, 0) is 12.8 Å². The first-order valence-electron chi connectivity index (χ1n) is 4.46. The van der Waals surface area contributed by atoms with Gasteiger partial charge in [-0.1, -0.05) is 0 Å². The predicted octanol–water partition coefficient (Wildman–Crippen LogP) is -0.218. The van der Waals surface area contributed by atoms with Crippen LogP contribution in [0, 0.1) is 5.92 Å². The molecule has 2 rings (SSSR count). The molecule has 0 unspecified atom stereocenters. The van der Waals surface area contributed by atoms with E-state index in [1.54, 1.807) is 4.90 Å². The minimum Gasteiger partial charge on any atom is -0.396 e. The maximum atomic E-state index is 11.3. The largest absolute Gasteiger partial charge is 0.396 e. The van der Waals surface area contributed by atoms with Crippen LogP contribution in [0.1, 0.15) is 12.8 Å². The molecule has 2 N–H and O–H groups in total. The number of aliphatic hydroxyl groups excluding tert-OH is 1. The van der Waals surface area contributed by atoms with Crippen molar-refractivity contribution in [3.63, 3.8) is 0 Å². The molecule has 1 aliphatic heterocycles. The zero-order valence-electron chi connectivity index (χ0n) is 6.99.